The van der Waals surface area contributed by atoms with Crippen LogP contribution in [0.5, 0.6) is 11.5 Å². The van der Waals surface area contributed by atoms with Gasteiger partial charge in [-0.05, 0) is 18.2 Å². The van der Waals surface area contributed by atoms with Gasteiger partial charge in [0.15, 0.2) is 16.5 Å². The normalized spacial score (nSPS) is 11.2. The lowest BCUT2D eigenvalue weighted by molar-refractivity contribution is 0.373. The van der Waals surface area contributed by atoms with Crippen LogP contribution in [-0.2, 0) is 10.0 Å². The number of aromatic nitrogens is 2. The van der Waals surface area contributed by atoms with Gasteiger partial charge in [-0.3, -0.25) is 9.82 Å². The van der Waals surface area contributed by atoms with Gasteiger partial charge < -0.3 is 9.84 Å². The number of nitrogens with one attached hydrogen (secondary N) is 2. The molecule has 0 bridgehead atoms. The second-order valence-electron chi connectivity index (χ2n) is 3.41. The van der Waals surface area contributed by atoms with Crippen molar-refractivity contribution in [1.82, 2.24) is 10.2 Å². The highest BCUT2D eigenvalue weighted by Gasteiger charge is 2.16. The molecule has 0 radical (unpaired) electrons. The van der Waals surface area contributed by atoms with Crippen LogP contribution in [0.1, 0.15) is 0 Å². The first-order valence-electron chi connectivity index (χ1n) is 4.92. The molecule has 0 saturated heterocycles. The van der Waals surface area contributed by atoms with Crippen molar-refractivity contribution in [2.45, 2.75) is 5.03 Å². The van der Waals surface area contributed by atoms with Crippen LogP contribution in [0, 0.1) is 0 Å². The van der Waals surface area contributed by atoms with E-state index in [1.54, 1.807) is 0 Å². The summed E-state index contributed by atoms with van der Waals surface area (Å²) in [6.45, 7) is 0. The fourth-order valence-corrected chi connectivity index (χ4v) is 2.32. The summed E-state index contributed by atoms with van der Waals surface area (Å²) < 4.78 is 30.8. The number of rotatable bonds is 4. The number of phenols is 1. The summed E-state index contributed by atoms with van der Waals surface area (Å²) in [6, 6.07) is 5.52. The molecule has 0 spiro atoms. The van der Waals surface area contributed by atoms with Gasteiger partial charge in [-0.1, -0.05) is 0 Å². The van der Waals surface area contributed by atoms with E-state index in [9.17, 15) is 13.5 Å². The van der Waals surface area contributed by atoms with Crippen molar-refractivity contribution in [2.24, 2.45) is 0 Å². The van der Waals surface area contributed by atoms with Crippen molar-refractivity contribution in [3.8, 4) is 11.5 Å². The third kappa shape index (κ3) is 2.38. The predicted octanol–water partition coefficient (Wildman–Crippen LogP) is 0.925. The summed E-state index contributed by atoms with van der Waals surface area (Å²) in [7, 11) is -2.32. The summed E-state index contributed by atoms with van der Waals surface area (Å²) in [6.07, 6.45) is 1.33. The van der Waals surface area contributed by atoms with Crippen LogP contribution in [0.25, 0.3) is 0 Å². The maximum Gasteiger partial charge on any atom is 0.278 e. The van der Waals surface area contributed by atoms with Crippen LogP contribution in [0.4, 0.5) is 5.69 Å². The second kappa shape index (κ2) is 4.57. The molecule has 0 unspecified atom stereocenters. The van der Waals surface area contributed by atoms with Crippen molar-refractivity contribution < 1.29 is 18.3 Å². The van der Waals surface area contributed by atoms with Crippen LogP contribution in [0.2, 0.25) is 0 Å². The molecule has 18 heavy (non-hydrogen) atoms. The molecule has 8 heteroatoms. The van der Waals surface area contributed by atoms with E-state index >= 15 is 0 Å². The Morgan fingerprint density at radius 2 is 2.17 bits per heavy atom. The molecule has 0 aliphatic heterocycles. The Balaban J connectivity index is 2.27. The fraction of sp³-hybridized carbons (Fsp3) is 0.100. The Bertz CT molecular complexity index is 637. The molecular formula is C10H11N3O4S. The molecule has 0 fully saturated rings. The molecule has 2 aromatic rings. The van der Waals surface area contributed by atoms with Gasteiger partial charge in [0, 0.05) is 6.07 Å². The zero-order chi connectivity index (χ0) is 13.2. The smallest absolute Gasteiger partial charge is 0.278 e. The molecule has 1 aromatic heterocycles. The highest BCUT2D eigenvalue weighted by Crippen LogP contribution is 2.29. The summed E-state index contributed by atoms with van der Waals surface area (Å²) in [5, 5.41) is 15.4. The summed E-state index contributed by atoms with van der Waals surface area (Å²) in [5.74, 6) is 0.113. The lowest BCUT2D eigenvalue weighted by atomic mass is 10.3. The Morgan fingerprint density at radius 1 is 1.39 bits per heavy atom. The highest BCUT2D eigenvalue weighted by molar-refractivity contribution is 7.92. The van der Waals surface area contributed by atoms with Gasteiger partial charge in [-0.15, -0.1) is 0 Å². The van der Waals surface area contributed by atoms with E-state index in [4.69, 9.17) is 4.74 Å². The van der Waals surface area contributed by atoms with E-state index in [0.29, 0.717) is 0 Å². The van der Waals surface area contributed by atoms with E-state index in [1.165, 1.54) is 37.6 Å². The van der Waals surface area contributed by atoms with E-state index < -0.39 is 10.0 Å². The maximum atomic E-state index is 11.8. The first-order chi connectivity index (χ1) is 8.53. The fourth-order valence-electron chi connectivity index (χ4n) is 1.36. The van der Waals surface area contributed by atoms with E-state index in [1.807, 2.05) is 0 Å². The third-order valence-electron chi connectivity index (χ3n) is 2.20. The average Bonchev–Trinajstić information content (AvgIpc) is 2.82. The van der Waals surface area contributed by atoms with Crippen molar-refractivity contribution in [3.63, 3.8) is 0 Å². The molecule has 96 valence electrons. The molecule has 0 amide bonds. The maximum absolute atomic E-state index is 11.8. The van der Waals surface area contributed by atoms with Gasteiger partial charge in [-0.2, -0.15) is 13.5 Å². The molecule has 0 aliphatic rings. The number of aromatic amines is 1. The molecular weight excluding hydrogens is 258 g/mol. The number of H-pyrrole nitrogens is 1. The lowest BCUT2D eigenvalue weighted by Crippen LogP contribution is -2.13. The standard InChI is InChI=1S/C10H11N3O4S/c1-17-9-3-2-7(6-8(9)14)13-18(15,16)10-4-5-11-12-10/h2-6,13-14H,1H3,(H,11,12). The van der Waals surface area contributed by atoms with Gasteiger partial charge in [0.05, 0.1) is 19.0 Å². The Morgan fingerprint density at radius 3 is 2.72 bits per heavy atom. The van der Waals surface area contributed by atoms with Gasteiger partial charge >= 0.3 is 0 Å². The summed E-state index contributed by atoms with van der Waals surface area (Å²) >= 11 is 0. The Hall–Kier alpha value is -2.22. The number of sulfonamides is 1. The van der Waals surface area contributed by atoms with Crippen LogP contribution in [-0.4, -0.2) is 30.8 Å². The number of phenolic OH excluding ortho intramolecular Hbond substituents is 1. The second-order valence-corrected chi connectivity index (χ2v) is 5.06. The molecule has 1 aromatic carbocycles. The van der Waals surface area contributed by atoms with Crippen LogP contribution in [0.3, 0.4) is 0 Å². The molecule has 0 saturated carbocycles. The zero-order valence-electron chi connectivity index (χ0n) is 9.41. The monoisotopic (exact) mass is 269 g/mol. The molecule has 0 aliphatic carbocycles. The largest absolute Gasteiger partial charge is 0.504 e. The van der Waals surface area contributed by atoms with Gasteiger partial charge in [0.25, 0.3) is 10.0 Å². The molecule has 2 rings (SSSR count). The predicted molar refractivity (Wildman–Crippen MR) is 64.1 cm³/mol. The number of ether oxygens (including phenoxy) is 1. The highest BCUT2D eigenvalue weighted by atomic mass is 32.2. The van der Waals surface area contributed by atoms with E-state index in [0.717, 1.165) is 0 Å². The number of aromatic hydroxyl groups is 1. The van der Waals surface area contributed by atoms with E-state index in [-0.39, 0.29) is 22.2 Å². The minimum Gasteiger partial charge on any atom is -0.504 e. The molecule has 7 nitrogen and oxygen atoms in total. The van der Waals surface area contributed by atoms with Crippen molar-refractivity contribution in [1.29, 1.82) is 0 Å². The summed E-state index contributed by atoms with van der Waals surface area (Å²) in [5.41, 5.74) is 0.225. The number of anilines is 1. The van der Waals surface area contributed by atoms with Crippen LogP contribution < -0.4 is 9.46 Å². The molecule has 0 atom stereocenters. The summed E-state index contributed by atoms with van der Waals surface area (Å²) in [4.78, 5) is 0. The van der Waals surface area contributed by atoms with E-state index in [2.05, 4.69) is 14.9 Å². The number of nitrogens with zero attached hydrogens (tertiary/aromatic N) is 1. The first kappa shape index (κ1) is 12.2. The first-order valence-corrected chi connectivity index (χ1v) is 6.40. The zero-order valence-corrected chi connectivity index (χ0v) is 10.2. The van der Waals surface area contributed by atoms with Crippen LogP contribution in [0.15, 0.2) is 35.5 Å². The quantitative estimate of drug-likeness (QED) is 0.765. The third-order valence-corrected chi connectivity index (χ3v) is 3.51. The molecule has 3 N–H and O–H groups in total. The van der Waals surface area contributed by atoms with Crippen molar-refractivity contribution in [3.05, 3.63) is 30.5 Å². The number of methoxy groups -OCH3 is 1. The van der Waals surface area contributed by atoms with Gasteiger partial charge in [0.2, 0.25) is 0 Å². The SMILES string of the molecule is COc1ccc(NS(=O)(=O)c2ccn[nH]2)cc1O. The minimum absolute atomic E-state index is 0.0576. The Kier molecular flexibility index (Phi) is 3.11. The van der Waals surface area contributed by atoms with Crippen LogP contribution >= 0.6 is 0 Å². The minimum atomic E-state index is -3.73. The number of hydrogen-bond acceptors (Lipinski definition) is 5. The number of hydrogen-bond donors (Lipinski definition) is 3. The average molecular weight is 269 g/mol. The van der Waals surface area contributed by atoms with Crippen molar-refractivity contribution in [2.75, 3.05) is 11.8 Å². The number of benzene rings is 1. The molecule has 1 heterocycles. The van der Waals surface area contributed by atoms with Gasteiger partial charge in [-0.25, -0.2) is 0 Å². The van der Waals surface area contributed by atoms with Gasteiger partial charge in [0.1, 0.15) is 0 Å². The van der Waals surface area contributed by atoms with Crippen molar-refractivity contribution >= 4 is 15.7 Å². The lowest BCUT2D eigenvalue weighted by Gasteiger charge is -2.08. The Labute approximate surface area is 103 Å². The topological polar surface area (TPSA) is 104 Å².